The summed E-state index contributed by atoms with van der Waals surface area (Å²) in [4.78, 5) is 0. The van der Waals surface area contributed by atoms with Crippen LogP contribution in [0.25, 0.3) is 0 Å². The predicted molar refractivity (Wildman–Crippen MR) is 79.5 cm³/mol. The lowest BCUT2D eigenvalue weighted by molar-refractivity contribution is -0.439. The highest BCUT2D eigenvalue weighted by atomic mass is 28.3. The molecule has 1 rings (SSSR count). The smallest absolute Gasteiger partial charge is 0.200 e. The van der Waals surface area contributed by atoms with Crippen molar-refractivity contribution in [3.63, 3.8) is 0 Å². The second-order valence-electron chi connectivity index (χ2n) is 7.21. The molecule has 0 N–H and O–H groups in total. The van der Waals surface area contributed by atoms with Gasteiger partial charge in [-0.3, -0.25) is 0 Å². The van der Waals surface area contributed by atoms with Crippen molar-refractivity contribution in [2.24, 2.45) is 0 Å². The van der Waals surface area contributed by atoms with Crippen molar-refractivity contribution in [3.05, 3.63) is 23.4 Å². The summed E-state index contributed by atoms with van der Waals surface area (Å²) in [6, 6.07) is -0.833. The zero-order valence-electron chi connectivity index (χ0n) is 14.8. The number of rotatable bonds is 8. The van der Waals surface area contributed by atoms with Crippen LogP contribution in [0.4, 0.5) is 57.1 Å². The molecule has 0 saturated carbocycles. The van der Waals surface area contributed by atoms with Gasteiger partial charge in [0.05, 0.1) is 8.07 Å². The quantitative estimate of drug-likeness (QED) is 0.259. The van der Waals surface area contributed by atoms with Gasteiger partial charge in [-0.1, -0.05) is 36.5 Å². The van der Waals surface area contributed by atoms with E-state index in [0.29, 0.717) is 5.20 Å². The van der Waals surface area contributed by atoms with Crippen molar-refractivity contribution in [1.82, 2.24) is 0 Å². The van der Waals surface area contributed by atoms with Crippen LogP contribution in [0.3, 0.4) is 0 Å². The van der Waals surface area contributed by atoms with Crippen LogP contribution in [0.1, 0.15) is 12.8 Å². The fourth-order valence-electron chi connectivity index (χ4n) is 2.54. The molecule has 0 bridgehead atoms. The minimum atomic E-state index is -7.84. The third kappa shape index (κ3) is 4.04. The Kier molecular flexibility index (Phi) is 6.40. The van der Waals surface area contributed by atoms with E-state index in [1.807, 2.05) is 0 Å². The number of allylic oxidation sites excluding steroid dienone is 4. The molecule has 0 nitrogen and oxygen atoms in total. The SMILES string of the molecule is C[Si](C)(CCC(F)(F)C(F)(F)C(F)(F)C(F)(F)C(F)(F)C(F)(F)F)C1=CC=CC1. The van der Waals surface area contributed by atoms with Crippen molar-refractivity contribution in [3.8, 4) is 0 Å². The molecule has 0 radical (unpaired) electrons. The zero-order chi connectivity index (χ0) is 23.3. The molecule has 0 aromatic rings. The Morgan fingerprint density at radius 2 is 1.17 bits per heavy atom. The Morgan fingerprint density at radius 3 is 1.55 bits per heavy atom. The molecular formula is C15H15F13Si. The first-order valence-corrected chi connectivity index (χ1v) is 11.1. The van der Waals surface area contributed by atoms with Crippen LogP contribution in [-0.4, -0.2) is 43.9 Å². The van der Waals surface area contributed by atoms with E-state index < -0.39 is 56.3 Å². The monoisotopic (exact) mass is 470 g/mol. The van der Waals surface area contributed by atoms with Gasteiger partial charge < -0.3 is 0 Å². The second kappa shape index (κ2) is 7.19. The summed E-state index contributed by atoms with van der Waals surface area (Å²) in [6.45, 7) is 2.79. The molecule has 0 aromatic heterocycles. The molecule has 0 fully saturated rings. The largest absolute Gasteiger partial charge is 0.460 e. The number of hydrogen-bond acceptors (Lipinski definition) is 0. The van der Waals surface area contributed by atoms with Crippen molar-refractivity contribution in [2.45, 2.75) is 67.8 Å². The second-order valence-corrected chi connectivity index (χ2v) is 12.1. The lowest BCUT2D eigenvalue weighted by atomic mass is 9.93. The summed E-state index contributed by atoms with van der Waals surface area (Å²) >= 11 is 0. The van der Waals surface area contributed by atoms with E-state index in [9.17, 15) is 57.1 Å². The number of hydrogen-bond donors (Lipinski definition) is 0. The third-order valence-electron chi connectivity index (χ3n) is 4.70. The summed E-state index contributed by atoms with van der Waals surface area (Å²) in [5.74, 6) is -36.4. The van der Waals surface area contributed by atoms with E-state index in [4.69, 9.17) is 0 Å². The Bertz CT molecular complexity index is 670. The summed E-state index contributed by atoms with van der Waals surface area (Å²) in [5, 5.41) is 0.553. The molecule has 0 atom stereocenters. The molecular weight excluding hydrogens is 455 g/mol. The summed E-state index contributed by atoms with van der Waals surface area (Å²) < 4.78 is 170. The van der Waals surface area contributed by atoms with Crippen LogP contribution in [0.2, 0.25) is 19.1 Å². The third-order valence-corrected chi connectivity index (χ3v) is 8.31. The van der Waals surface area contributed by atoms with Crippen LogP contribution < -0.4 is 0 Å². The highest BCUT2D eigenvalue weighted by molar-refractivity contribution is 6.84. The van der Waals surface area contributed by atoms with Gasteiger partial charge >= 0.3 is 35.8 Å². The average Bonchev–Trinajstić information content (AvgIpc) is 3.06. The van der Waals surface area contributed by atoms with E-state index >= 15 is 0 Å². The molecule has 170 valence electrons. The Morgan fingerprint density at radius 1 is 0.724 bits per heavy atom. The van der Waals surface area contributed by atoms with Crippen LogP contribution >= 0.6 is 0 Å². The Hall–Kier alpha value is -1.21. The van der Waals surface area contributed by atoms with Gasteiger partial charge in [0.1, 0.15) is 0 Å². The fourth-order valence-corrected chi connectivity index (χ4v) is 5.02. The topological polar surface area (TPSA) is 0 Å². The minimum Gasteiger partial charge on any atom is -0.200 e. The molecule has 0 aromatic carbocycles. The van der Waals surface area contributed by atoms with Crippen molar-refractivity contribution in [2.75, 3.05) is 0 Å². The lowest BCUT2D eigenvalue weighted by Gasteiger charge is -2.40. The van der Waals surface area contributed by atoms with Gasteiger partial charge in [0, 0.05) is 6.42 Å². The van der Waals surface area contributed by atoms with Gasteiger partial charge in [-0.05, 0) is 12.5 Å². The standard InChI is InChI=1S/C15H15F13Si/c1-29(2,9-5-3-4-6-9)8-7-10(16,17)11(18,19)12(20,21)13(22,23)14(24,25)15(26,27)28/h3-5H,6-8H2,1-2H3. The number of halogens is 13. The van der Waals surface area contributed by atoms with Crippen LogP contribution in [0.15, 0.2) is 23.4 Å². The first kappa shape index (κ1) is 25.8. The molecule has 0 aliphatic heterocycles. The highest BCUT2D eigenvalue weighted by Crippen LogP contribution is 2.61. The molecule has 0 saturated heterocycles. The Balaban J connectivity index is 3.22. The van der Waals surface area contributed by atoms with Crippen LogP contribution in [0, 0.1) is 0 Å². The van der Waals surface area contributed by atoms with Gasteiger partial charge in [-0.15, -0.1) is 0 Å². The molecule has 0 amide bonds. The van der Waals surface area contributed by atoms with Crippen molar-refractivity contribution >= 4 is 8.07 Å². The van der Waals surface area contributed by atoms with E-state index in [-0.39, 0.29) is 6.42 Å². The minimum absolute atomic E-state index is 0.271. The normalized spacial score (nSPS) is 17.7. The highest BCUT2D eigenvalue weighted by Gasteiger charge is 2.90. The van der Waals surface area contributed by atoms with Crippen LogP contribution in [0.5, 0.6) is 0 Å². The van der Waals surface area contributed by atoms with Gasteiger partial charge in [0.2, 0.25) is 0 Å². The molecule has 1 aliphatic carbocycles. The maximum atomic E-state index is 13.8. The van der Waals surface area contributed by atoms with Gasteiger partial charge in [0.15, 0.2) is 0 Å². The maximum Gasteiger partial charge on any atom is 0.460 e. The van der Waals surface area contributed by atoms with Crippen LogP contribution in [-0.2, 0) is 0 Å². The molecule has 0 unspecified atom stereocenters. The Labute approximate surface area is 157 Å². The zero-order valence-corrected chi connectivity index (χ0v) is 15.8. The first-order chi connectivity index (χ1) is 12.6. The molecule has 14 heteroatoms. The molecule has 29 heavy (non-hydrogen) atoms. The lowest BCUT2D eigenvalue weighted by Crippen LogP contribution is -2.70. The molecule has 1 aliphatic rings. The van der Waals surface area contributed by atoms with Crippen molar-refractivity contribution in [1.29, 1.82) is 0 Å². The molecule has 0 heterocycles. The van der Waals surface area contributed by atoms with Gasteiger partial charge in [-0.2, -0.15) is 57.1 Å². The van der Waals surface area contributed by atoms with E-state index in [1.165, 1.54) is 25.2 Å². The molecule has 0 spiro atoms. The summed E-state index contributed by atoms with van der Waals surface area (Å²) in [7, 11) is -2.91. The predicted octanol–water partition coefficient (Wildman–Crippen LogP) is 7.25. The number of alkyl halides is 13. The maximum absolute atomic E-state index is 13.8. The van der Waals surface area contributed by atoms with Crippen molar-refractivity contribution < 1.29 is 57.1 Å². The first-order valence-electron chi connectivity index (χ1n) is 7.88. The summed E-state index contributed by atoms with van der Waals surface area (Å²) in [6.07, 6.45) is -4.64. The van der Waals surface area contributed by atoms with Gasteiger partial charge in [-0.25, -0.2) is 0 Å². The van der Waals surface area contributed by atoms with E-state index in [1.54, 1.807) is 6.08 Å². The van der Waals surface area contributed by atoms with E-state index in [0.717, 1.165) is 0 Å². The van der Waals surface area contributed by atoms with E-state index in [2.05, 4.69) is 0 Å². The average molecular weight is 470 g/mol. The van der Waals surface area contributed by atoms with Gasteiger partial charge in [0.25, 0.3) is 0 Å². The fraction of sp³-hybridized carbons (Fsp3) is 0.733. The summed E-state index contributed by atoms with van der Waals surface area (Å²) in [5.41, 5.74) is 0.